The third-order valence-corrected chi connectivity index (χ3v) is 5.22. The molecule has 0 saturated heterocycles. The normalized spacial score (nSPS) is 11.2. The Morgan fingerprint density at radius 1 is 1.03 bits per heavy atom. The lowest BCUT2D eigenvalue weighted by atomic mass is 10.1. The number of hydrogen-bond acceptors (Lipinski definition) is 6. The summed E-state index contributed by atoms with van der Waals surface area (Å²) in [6.45, 7) is 5.29. The van der Waals surface area contributed by atoms with Crippen LogP contribution >= 0.6 is 0 Å². The molecule has 0 aliphatic heterocycles. The summed E-state index contributed by atoms with van der Waals surface area (Å²) in [7, 11) is 1.66. The van der Waals surface area contributed by atoms with Crippen molar-refractivity contribution < 1.29 is 14.3 Å². The Morgan fingerprint density at radius 3 is 2.53 bits per heavy atom. The number of fused-ring (bicyclic) bond motifs is 1. The fraction of sp³-hybridized carbons (Fsp3) is 0.333. The molecule has 0 fully saturated rings. The SMILES string of the molecule is CCCc1nnc(COC)n1Cc1ccc(-c2nc3ccccn3c2C(=O)OCC)cc1. The zero-order chi connectivity index (χ0) is 22.5. The van der Waals surface area contributed by atoms with Gasteiger partial charge in [0, 0.05) is 25.3 Å². The Labute approximate surface area is 186 Å². The number of carbonyl (C=O) groups excluding carboxylic acids is 1. The lowest BCUT2D eigenvalue weighted by Gasteiger charge is -2.11. The summed E-state index contributed by atoms with van der Waals surface area (Å²) in [5, 5.41) is 8.61. The molecule has 1 aromatic carbocycles. The highest BCUT2D eigenvalue weighted by atomic mass is 16.5. The monoisotopic (exact) mass is 433 g/mol. The summed E-state index contributed by atoms with van der Waals surface area (Å²) >= 11 is 0. The van der Waals surface area contributed by atoms with Gasteiger partial charge in [-0.15, -0.1) is 10.2 Å². The van der Waals surface area contributed by atoms with Crippen LogP contribution in [-0.2, 0) is 29.0 Å². The van der Waals surface area contributed by atoms with Crippen molar-refractivity contribution in [1.29, 1.82) is 0 Å². The summed E-state index contributed by atoms with van der Waals surface area (Å²) < 4.78 is 14.5. The highest BCUT2D eigenvalue weighted by molar-refractivity contribution is 5.96. The molecule has 32 heavy (non-hydrogen) atoms. The maximum atomic E-state index is 12.7. The lowest BCUT2D eigenvalue weighted by Crippen LogP contribution is -2.10. The molecule has 8 nitrogen and oxygen atoms in total. The molecule has 3 aromatic heterocycles. The molecule has 166 valence electrons. The maximum absolute atomic E-state index is 12.7. The molecule has 4 aromatic rings. The van der Waals surface area contributed by atoms with Gasteiger partial charge in [-0.2, -0.15) is 0 Å². The summed E-state index contributed by atoms with van der Waals surface area (Å²) in [5.41, 5.74) is 3.70. The average molecular weight is 434 g/mol. The van der Waals surface area contributed by atoms with Crippen LogP contribution in [0.2, 0.25) is 0 Å². The van der Waals surface area contributed by atoms with Gasteiger partial charge in [0.2, 0.25) is 0 Å². The largest absolute Gasteiger partial charge is 0.461 e. The number of carbonyl (C=O) groups is 1. The van der Waals surface area contributed by atoms with Gasteiger partial charge in [0.25, 0.3) is 0 Å². The van der Waals surface area contributed by atoms with Gasteiger partial charge in [0.1, 0.15) is 23.8 Å². The molecule has 3 heterocycles. The first kappa shape index (κ1) is 21.7. The minimum absolute atomic E-state index is 0.306. The van der Waals surface area contributed by atoms with Gasteiger partial charge in [-0.1, -0.05) is 37.3 Å². The first-order valence-corrected chi connectivity index (χ1v) is 10.8. The Hall–Kier alpha value is -3.52. The summed E-state index contributed by atoms with van der Waals surface area (Å²) in [6.07, 6.45) is 3.68. The van der Waals surface area contributed by atoms with Crippen LogP contribution in [0.3, 0.4) is 0 Å². The van der Waals surface area contributed by atoms with Crippen LogP contribution in [0.5, 0.6) is 0 Å². The van der Waals surface area contributed by atoms with Gasteiger partial charge in [0.15, 0.2) is 11.5 Å². The van der Waals surface area contributed by atoms with Crippen molar-refractivity contribution in [2.45, 2.75) is 39.8 Å². The minimum Gasteiger partial charge on any atom is -0.461 e. The number of imidazole rings is 1. The van der Waals surface area contributed by atoms with E-state index in [1.807, 2.05) is 48.7 Å². The van der Waals surface area contributed by atoms with Gasteiger partial charge in [-0.05, 0) is 31.0 Å². The van der Waals surface area contributed by atoms with Gasteiger partial charge < -0.3 is 14.0 Å². The van der Waals surface area contributed by atoms with E-state index in [2.05, 4.69) is 26.7 Å². The summed E-state index contributed by atoms with van der Waals surface area (Å²) in [4.78, 5) is 17.4. The van der Waals surface area contributed by atoms with Crippen molar-refractivity contribution in [2.24, 2.45) is 0 Å². The molecular weight excluding hydrogens is 406 g/mol. The number of aromatic nitrogens is 5. The van der Waals surface area contributed by atoms with E-state index < -0.39 is 0 Å². The van der Waals surface area contributed by atoms with Gasteiger partial charge >= 0.3 is 5.97 Å². The molecular formula is C24H27N5O3. The van der Waals surface area contributed by atoms with Crippen molar-refractivity contribution >= 4 is 11.6 Å². The molecule has 0 aliphatic carbocycles. The van der Waals surface area contributed by atoms with E-state index in [-0.39, 0.29) is 5.97 Å². The fourth-order valence-electron chi connectivity index (χ4n) is 3.74. The predicted octanol–water partition coefficient (Wildman–Crippen LogP) is 3.92. The van der Waals surface area contributed by atoms with E-state index >= 15 is 0 Å². The number of nitrogens with zero attached hydrogens (tertiary/aromatic N) is 5. The summed E-state index contributed by atoms with van der Waals surface area (Å²) in [5.74, 6) is 1.38. The zero-order valence-electron chi connectivity index (χ0n) is 18.6. The second-order valence-corrected chi connectivity index (χ2v) is 7.46. The van der Waals surface area contributed by atoms with E-state index in [1.165, 1.54) is 0 Å². The van der Waals surface area contributed by atoms with Crippen molar-refractivity contribution in [3.8, 4) is 11.3 Å². The molecule has 0 saturated carbocycles. The van der Waals surface area contributed by atoms with Gasteiger partial charge in [0.05, 0.1) is 13.2 Å². The first-order valence-electron chi connectivity index (χ1n) is 10.8. The zero-order valence-corrected chi connectivity index (χ0v) is 18.6. The molecule has 0 radical (unpaired) electrons. The molecule has 0 spiro atoms. The molecule has 4 rings (SSSR count). The predicted molar refractivity (Wildman–Crippen MR) is 120 cm³/mol. The van der Waals surface area contributed by atoms with E-state index in [0.717, 1.165) is 35.6 Å². The molecule has 0 aliphatic rings. The third kappa shape index (κ3) is 4.27. The third-order valence-electron chi connectivity index (χ3n) is 5.22. The van der Waals surface area contributed by atoms with Crippen LogP contribution in [0.25, 0.3) is 16.9 Å². The molecule has 0 bridgehead atoms. The number of methoxy groups -OCH3 is 1. The van der Waals surface area contributed by atoms with Crippen LogP contribution in [0.15, 0.2) is 48.7 Å². The summed E-state index contributed by atoms with van der Waals surface area (Å²) in [6, 6.07) is 13.7. The van der Waals surface area contributed by atoms with Crippen molar-refractivity contribution in [3.05, 3.63) is 71.6 Å². The van der Waals surface area contributed by atoms with Gasteiger partial charge in [-0.25, -0.2) is 9.78 Å². The number of aryl methyl sites for hydroxylation is 1. The van der Waals surface area contributed by atoms with Crippen molar-refractivity contribution in [1.82, 2.24) is 24.1 Å². The van der Waals surface area contributed by atoms with E-state index in [0.29, 0.717) is 36.8 Å². The lowest BCUT2D eigenvalue weighted by molar-refractivity contribution is 0.0519. The minimum atomic E-state index is -0.386. The van der Waals surface area contributed by atoms with E-state index in [1.54, 1.807) is 18.4 Å². The Bertz CT molecular complexity index is 1190. The Balaban J connectivity index is 1.67. The topological polar surface area (TPSA) is 83.5 Å². The molecule has 0 N–H and O–H groups in total. The van der Waals surface area contributed by atoms with Gasteiger partial charge in [-0.3, -0.25) is 4.40 Å². The van der Waals surface area contributed by atoms with E-state index in [4.69, 9.17) is 9.47 Å². The number of ether oxygens (including phenoxy) is 2. The maximum Gasteiger partial charge on any atom is 0.357 e. The van der Waals surface area contributed by atoms with Crippen molar-refractivity contribution in [3.63, 3.8) is 0 Å². The first-order chi connectivity index (χ1) is 15.7. The number of pyridine rings is 1. The van der Waals surface area contributed by atoms with Crippen LogP contribution in [0.1, 0.15) is 48.0 Å². The Kier molecular flexibility index (Phi) is 6.61. The Morgan fingerprint density at radius 2 is 1.81 bits per heavy atom. The second kappa shape index (κ2) is 9.74. The molecule has 0 amide bonds. The molecule has 8 heteroatoms. The number of benzene rings is 1. The number of hydrogen-bond donors (Lipinski definition) is 0. The quantitative estimate of drug-likeness (QED) is 0.372. The molecule has 0 unspecified atom stereocenters. The fourth-order valence-corrected chi connectivity index (χ4v) is 3.74. The smallest absolute Gasteiger partial charge is 0.357 e. The van der Waals surface area contributed by atoms with Crippen LogP contribution in [-0.4, -0.2) is 43.8 Å². The molecule has 0 atom stereocenters. The number of esters is 1. The van der Waals surface area contributed by atoms with Crippen LogP contribution < -0.4 is 0 Å². The standard InChI is InChI=1S/C24H27N5O3/c1-4-8-20-26-27-21(16-31-3)29(20)15-17-10-12-18(13-11-17)22-23(24(30)32-5-2)28-14-7-6-9-19(28)25-22/h6-7,9-14H,4-5,8,15-16H2,1-3H3. The van der Waals surface area contributed by atoms with E-state index in [9.17, 15) is 4.79 Å². The highest BCUT2D eigenvalue weighted by Gasteiger charge is 2.21. The second-order valence-electron chi connectivity index (χ2n) is 7.46. The van der Waals surface area contributed by atoms with Crippen LogP contribution in [0.4, 0.5) is 0 Å². The van der Waals surface area contributed by atoms with Crippen LogP contribution in [0, 0.1) is 0 Å². The average Bonchev–Trinajstić information content (AvgIpc) is 3.37. The number of rotatable bonds is 9. The highest BCUT2D eigenvalue weighted by Crippen LogP contribution is 2.26. The van der Waals surface area contributed by atoms with Crippen molar-refractivity contribution in [2.75, 3.05) is 13.7 Å².